The number of halogens is 3. The van der Waals surface area contributed by atoms with E-state index >= 15 is 0 Å². The molecule has 2 heterocycles. The maximum atomic E-state index is 13.0. The maximum absolute atomic E-state index is 13.0. The standard InChI is InChI=1S/C28H21F3N6O3/c29-28(30,31)20-4-2-6-22(14-20)35-27(40)34-21-5-1-3-19(13-21)23-16-37-12-11-32-25(37)24(36-23)33-15-17-7-9-18(10-8-17)26(38)39/h1-14,16H,15H2,(H,33,36)(H,38,39)(H2,34,35,40). The Morgan fingerprint density at radius 3 is 2.33 bits per heavy atom. The average molecular weight is 547 g/mol. The van der Waals surface area contributed by atoms with E-state index in [4.69, 9.17) is 10.1 Å². The zero-order valence-electron chi connectivity index (χ0n) is 20.6. The molecule has 2 aromatic heterocycles. The van der Waals surface area contributed by atoms with Crippen LogP contribution in [0.15, 0.2) is 91.4 Å². The molecule has 40 heavy (non-hydrogen) atoms. The number of nitrogens with zero attached hydrogens (tertiary/aromatic N) is 3. The molecule has 9 nitrogen and oxygen atoms in total. The summed E-state index contributed by atoms with van der Waals surface area (Å²) in [5, 5.41) is 17.4. The Balaban J connectivity index is 1.33. The minimum absolute atomic E-state index is 0.00372. The van der Waals surface area contributed by atoms with E-state index in [1.165, 1.54) is 24.3 Å². The van der Waals surface area contributed by atoms with E-state index in [-0.39, 0.29) is 11.3 Å². The minimum Gasteiger partial charge on any atom is -0.478 e. The monoisotopic (exact) mass is 546 g/mol. The Bertz CT molecular complexity index is 1700. The predicted octanol–water partition coefficient (Wildman–Crippen LogP) is 6.37. The molecule has 0 fully saturated rings. The van der Waals surface area contributed by atoms with E-state index in [9.17, 15) is 22.8 Å². The third-order valence-corrected chi connectivity index (χ3v) is 5.90. The molecule has 4 N–H and O–H groups in total. The van der Waals surface area contributed by atoms with Crippen molar-refractivity contribution in [1.29, 1.82) is 0 Å². The van der Waals surface area contributed by atoms with Crippen LogP contribution >= 0.6 is 0 Å². The molecule has 2 amide bonds. The molecule has 0 aliphatic carbocycles. The second kappa shape index (κ2) is 10.8. The summed E-state index contributed by atoms with van der Waals surface area (Å²) >= 11 is 0. The number of aromatic nitrogens is 3. The molecule has 0 spiro atoms. The molecule has 0 unspecified atom stereocenters. The van der Waals surface area contributed by atoms with Crippen LogP contribution in [0.5, 0.6) is 0 Å². The topological polar surface area (TPSA) is 121 Å². The van der Waals surface area contributed by atoms with Gasteiger partial charge < -0.3 is 25.5 Å². The molecule has 0 atom stereocenters. The molecule has 0 saturated carbocycles. The molecule has 0 bridgehead atoms. The van der Waals surface area contributed by atoms with Crippen molar-refractivity contribution in [1.82, 2.24) is 14.4 Å². The number of fused-ring (bicyclic) bond motifs is 1. The average Bonchev–Trinajstić information content (AvgIpc) is 3.41. The van der Waals surface area contributed by atoms with Gasteiger partial charge in [-0.25, -0.2) is 19.6 Å². The second-order valence-electron chi connectivity index (χ2n) is 8.73. The zero-order valence-corrected chi connectivity index (χ0v) is 20.6. The number of benzene rings is 3. The molecule has 0 saturated heterocycles. The predicted molar refractivity (Wildman–Crippen MR) is 143 cm³/mol. The highest BCUT2D eigenvalue weighted by Gasteiger charge is 2.30. The van der Waals surface area contributed by atoms with Crippen LogP contribution in [0.1, 0.15) is 21.5 Å². The molecular weight excluding hydrogens is 525 g/mol. The molecule has 12 heteroatoms. The Morgan fingerprint density at radius 1 is 0.925 bits per heavy atom. The van der Waals surface area contributed by atoms with Crippen LogP contribution in [0.25, 0.3) is 16.9 Å². The van der Waals surface area contributed by atoms with Crippen molar-refractivity contribution in [3.63, 3.8) is 0 Å². The number of hydrogen-bond acceptors (Lipinski definition) is 5. The van der Waals surface area contributed by atoms with Crippen LogP contribution in [0, 0.1) is 0 Å². The third kappa shape index (κ3) is 6.01. The fraction of sp³-hybridized carbons (Fsp3) is 0.0714. The van der Waals surface area contributed by atoms with E-state index < -0.39 is 23.7 Å². The molecule has 3 aromatic carbocycles. The lowest BCUT2D eigenvalue weighted by Crippen LogP contribution is -2.19. The normalized spacial score (nSPS) is 11.3. The van der Waals surface area contributed by atoms with Crippen molar-refractivity contribution in [2.24, 2.45) is 0 Å². The van der Waals surface area contributed by atoms with Crippen molar-refractivity contribution in [3.8, 4) is 11.3 Å². The number of carboxylic acid groups (broad SMARTS) is 1. The first-order chi connectivity index (χ1) is 19.2. The van der Waals surface area contributed by atoms with Gasteiger partial charge >= 0.3 is 18.2 Å². The number of imidazole rings is 1. The number of amides is 2. The van der Waals surface area contributed by atoms with Gasteiger partial charge in [0.05, 0.1) is 16.8 Å². The lowest BCUT2D eigenvalue weighted by molar-refractivity contribution is -0.137. The number of carbonyl (C=O) groups is 2. The van der Waals surface area contributed by atoms with Crippen LogP contribution in [-0.2, 0) is 12.7 Å². The highest BCUT2D eigenvalue weighted by molar-refractivity contribution is 6.00. The van der Waals surface area contributed by atoms with Crippen molar-refractivity contribution in [3.05, 3.63) is 108 Å². The van der Waals surface area contributed by atoms with Crippen LogP contribution in [0.2, 0.25) is 0 Å². The molecule has 0 aliphatic rings. The number of rotatable bonds is 7. The first-order valence-corrected chi connectivity index (χ1v) is 11.9. The van der Waals surface area contributed by atoms with Gasteiger partial charge in [0.2, 0.25) is 0 Å². The largest absolute Gasteiger partial charge is 0.478 e. The summed E-state index contributed by atoms with van der Waals surface area (Å²) in [6.45, 7) is 0.371. The Kier molecular flexibility index (Phi) is 7.06. The van der Waals surface area contributed by atoms with Gasteiger partial charge in [0, 0.05) is 42.1 Å². The highest BCUT2D eigenvalue weighted by Crippen LogP contribution is 2.31. The number of carboxylic acids is 1. The molecule has 0 radical (unpaired) electrons. The molecule has 0 aliphatic heterocycles. The molecule has 5 rings (SSSR count). The summed E-state index contributed by atoms with van der Waals surface area (Å²) in [5.74, 6) is -0.511. The smallest absolute Gasteiger partial charge is 0.416 e. The van der Waals surface area contributed by atoms with Gasteiger partial charge in [0.25, 0.3) is 0 Å². The first-order valence-electron chi connectivity index (χ1n) is 11.9. The third-order valence-electron chi connectivity index (χ3n) is 5.90. The van der Waals surface area contributed by atoms with Crippen LogP contribution < -0.4 is 16.0 Å². The summed E-state index contributed by atoms with van der Waals surface area (Å²) in [6.07, 6.45) is 0.642. The molecular formula is C28H21F3N6O3. The SMILES string of the molecule is O=C(Nc1cccc(-c2cn3ccnc3c(NCc3ccc(C(=O)O)cc3)n2)c1)Nc1cccc(C(F)(F)F)c1. The zero-order chi connectivity index (χ0) is 28.3. The molecule has 202 valence electrons. The Morgan fingerprint density at radius 2 is 1.62 bits per heavy atom. The van der Waals surface area contributed by atoms with Gasteiger partial charge in [-0.2, -0.15) is 13.2 Å². The van der Waals surface area contributed by atoms with Crippen molar-refractivity contribution in [2.45, 2.75) is 12.7 Å². The van der Waals surface area contributed by atoms with Gasteiger partial charge in [-0.3, -0.25) is 0 Å². The lowest BCUT2D eigenvalue weighted by atomic mass is 10.1. The molecule has 5 aromatic rings. The van der Waals surface area contributed by atoms with Gasteiger partial charge in [0.15, 0.2) is 11.5 Å². The van der Waals surface area contributed by atoms with Crippen LogP contribution in [0.4, 0.5) is 35.2 Å². The van der Waals surface area contributed by atoms with E-state index in [0.29, 0.717) is 35.0 Å². The number of nitrogens with one attached hydrogen (secondary N) is 3. The fourth-order valence-electron chi connectivity index (χ4n) is 3.96. The van der Waals surface area contributed by atoms with Gasteiger partial charge in [-0.05, 0) is 48.0 Å². The van der Waals surface area contributed by atoms with Gasteiger partial charge in [-0.1, -0.05) is 30.3 Å². The van der Waals surface area contributed by atoms with Crippen LogP contribution in [0.3, 0.4) is 0 Å². The second-order valence-corrected chi connectivity index (χ2v) is 8.73. The number of urea groups is 1. The number of alkyl halides is 3. The summed E-state index contributed by atoms with van der Waals surface area (Å²) in [7, 11) is 0. The van der Waals surface area contributed by atoms with Gasteiger partial charge in [-0.15, -0.1) is 0 Å². The summed E-state index contributed by atoms with van der Waals surface area (Å²) in [5.41, 5.74) is 2.40. The highest BCUT2D eigenvalue weighted by atomic mass is 19.4. The maximum Gasteiger partial charge on any atom is 0.416 e. The van der Waals surface area contributed by atoms with E-state index in [1.54, 1.807) is 59.4 Å². The quantitative estimate of drug-likeness (QED) is 0.188. The number of anilines is 3. The number of aromatic carboxylic acids is 1. The minimum atomic E-state index is -4.52. The van der Waals surface area contributed by atoms with Crippen molar-refractivity contribution >= 4 is 34.8 Å². The van der Waals surface area contributed by atoms with Crippen molar-refractivity contribution < 1.29 is 27.9 Å². The van der Waals surface area contributed by atoms with Crippen LogP contribution in [-0.4, -0.2) is 31.5 Å². The summed E-state index contributed by atoms with van der Waals surface area (Å²) in [6, 6.07) is 17.0. The van der Waals surface area contributed by atoms with E-state index in [1.807, 2.05) is 0 Å². The van der Waals surface area contributed by atoms with E-state index in [2.05, 4.69) is 20.9 Å². The number of carbonyl (C=O) groups excluding carboxylic acids is 1. The Labute approximate surface area is 225 Å². The number of hydrogen-bond donors (Lipinski definition) is 4. The Hall–Kier alpha value is -5.39. The first kappa shape index (κ1) is 26.2. The fourth-order valence-corrected chi connectivity index (χ4v) is 3.96. The summed E-state index contributed by atoms with van der Waals surface area (Å²) in [4.78, 5) is 32.6. The van der Waals surface area contributed by atoms with E-state index in [0.717, 1.165) is 17.7 Å². The van der Waals surface area contributed by atoms with Crippen molar-refractivity contribution in [2.75, 3.05) is 16.0 Å². The summed E-state index contributed by atoms with van der Waals surface area (Å²) < 4.78 is 40.7. The van der Waals surface area contributed by atoms with Gasteiger partial charge in [0.1, 0.15) is 0 Å². The lowest BCUT2D eigenvalue weighted by Gasteiger charge is -2.12.